The van der Waals surface area contributed by atoms with Crippen LogP contribution in [-0.4, -0.2) is 5.11 Å². The van der Waals surface area contributed by atoms with Crippen molar-refractivity contribution in [2.45, 2.75) is 12.8 Å². The maximum atomic E-state index is 9.79. The smallest absolute Gasteiger partial charge is 0.0998 e. The molecule has 0 unspecified atom stereocenters. The first-order valence-corrected chi connectivity index (χ1v) is 5.17. The molecule has 15 heavy (non-hydrogen) atoms. The van der Waals surface area contributed by atoms with Crippen LogP contribution in [0.2, 0.25) is 0 Å². The molecule has 0 bridgehead atoms. The molecule has 0 heterocycles. The zero-order valence-electron chi connectivity index (χ0n) is 8.56. The molecular formula is C14H14O. The SMILES string of the molecule is OC(CCc1ccccc1)=C1C=CC=C1. The highest BCUT2D eigenvalue weighted by Gasteiger charge is 2.02. The number of rotatable bonds is 3. The zero-order chi connectivity index (χ0) is 10.5. The summed E-state index contributed by atoms with van der Waals surface area (Å²) in [6, 6.07) is 10.2. The van der Waals surface area contributed by atoms with Crippen LogP contribution in [0.3, 0.4) is 0 Å². The van der Waals surface area contributed by atoms with E-state index in [1.54, 1.807) is 0 Å². The standard InChI is InChI=1S/C14H14O/c15-14(13-8-4-5-9-13)11-10-12-6-2-1-3-7-12/h1-9,15H,10-11H2. The van der Waals surface area contributed by atoms with Crippen LogP contribution in [0.15, 0.2) is 66.0 Å². The van der Waals surface area contributed by atoms with E-state index in [1.165, 1.54) is 5.56 Å². The van der Waals surface area contributed by atoms with Crippen LogP contribution in [0.1, 0.15) is 12.0 Å². The summed E-state index contributed by atoms with van der Waals surface area (Å²) in [5.41, 5.74) is 2.20. The third-order valence-corrected chi connectivity index (χ3v) is 2.49. The summed E-state index contributed by atoms with van der Waals surface area (Å²) in [5, 5.41) is 9.79. The molecule has 1 aromatic carbocycles. The quantitative estimate of drug-likeness (QED) is 0.736. The lowest BCUT2D eigenvalue weighted by Crippen LogP contribution is -1.90. The van der Waals surface area contributed by atoms with Gasteiger partial charge in [0, 0.05) is 12.0 Å². The van der Waals surface area contributed by atoms with Gasteiger partial charge in [-0.25, -0.2) is 0 Å². The molecule has 0 amide bonds. The summed E-state index contributed by atoms with van der Waals surface area (Å²) in [6.07, 6.45) is 9.33. The summed E-state index contributed by atoms with van der Waals surface area (Å²) in [4.78, 5) is 0. The van der Waals surface area contributed by atoms with Crippen LogP contribution in [-0.2, 0) is 6.42 Å². The second-order valence-electron chi connectivity index (χ2n) is 3.61. The Hall–Kier alpha value is -1.76. The molecule has 0 radical (unpaired) electrons. The van der Waals surface area contributed by atoms with E-state index in [2.05, 4.69) is 12.1 Å². The van der Waals surface area contributed by atoms with E-state index in [1.807, 2.05) is 42.5 Å². The predicted octanol–water partition coefficient (Wildman–Crippen LogP) is 3.56. The first kappa shape index (κ1) is 9.78. The lowest BCUT2D eigenvalue weighted by molar-refractivity contribution is 0.385. The number of benzene rings is 1. The summed E-state index contributed by atoms with van der Waals surface area (Å²) >= 11 is 0. The van der Waals surface area contributed by atoms with E-state index < -0.39 is 0 Å². The molecule has 2 rings (SSSR count). The third-order valence-electron chi connectivity index (χ3n) is 2.49. The van der Waals surface area contributed by atoms with Crippen molar-refractivity contribution in [2.24, 2.45) is 0 Å². The van der Waals surface area contributed by atoms with Gasteiger partial charge >= 0.3 is 0 Å². The molecule has 0 atom stereocenters. The Kier molecular flexibility index (Phi) is 3.03. The van der Waals surface area contributed by atoms with E-state index in [0.717, 1.165) is 12.0 Å². The van der Waals surface area contributed by atoms with Crippen molar-refractivity contribution >= 4 is 0 Å². The minimum absolute atomic E-state index is 0.476. The van der Waals surface area contributed by atoms with E-state index >= 15 is 0 Å². The van der Waals surface area contributed by atoms with E-state index in [0.29, 0.717) is 12.2 Å². The second-order valence-corrected chi connectivity index (χ2v) is 3.61. The summed E-state index contributed by atoms with van der Waals surface area (Å²) in [6.45, 7) is 0. The monoisotopic (exact) mass is 198 g/mol. The molecule has 1 aromatic rings. The van der Waals surface area contributed by atoms with Crippen LogP contribution in [0.5, 0.6) is 0 Å². The van der Waals surface area contributed by atoms with Gasteiger partial charge in [-0.15, -0.1) is 0 Å². The minimum Gasteiger partial charge on any atom is -0.512 e. The van der Waals surface area contributed by atoms with Gasteiger partial charge in [-0.05, 0) is 12.0 Å². The topological polar surface area (TPSA) is 20.2 Å². The van der Waals surface area contributed by atoms with Crippen LogP contribution in [0, 0.1) is 0 Å². The largest absolute Gasteiger partial charge is 0.512 e. The molecule has 0 saturated heterocycles. The Morgan fingerprint density at radius 1 is 1.00 bits per heavy atom. The molecule has 0 fully saturated rings. The number of aliphatic hydroxyl groups is 1. The first-order valence-electron chi connectivity index (χ1n) is 5.17. The van der Waals surface area contributed by atoms with Gasteiger partial charge in [0.2, 0.25) is 0 Å². The second kappa shape index (κ2) is 4.65. The van der Waals surface area contributed by atoms with Crippen molar-refractivity contribution in [2.75, 3.05) is 0 Å². The maximum absolute atomic E-state index is 9.79. The Morgan fingerprint density at radius 2 is 1.67 bits per heavy atom. The average Bonchev–Trinajstić information content (AvgIpc) is 2.81. The number of aryl methyl sites for hydroxylation is 1. The lowest BCUT2D eigenvalue weighted by Gasteiger charge is -2.02. The fraction of sp³-hybridized carbons (Fsp3) is 0.143. The van der Waals surface area contributed by atoms with E-state index in [4.69, 9.17) is 0 Å². The Bertz CT molecular complexity index is 396. The van der Waals surface area contributed by atoms with Crippen molar-refractivity contribution in [3.63, 3.8) is 0 Å². The van der Waals surface area contributed by atoms with Crippen molar-refractivity contribution in [3.05, 3.63) is 71.5 Å². The van der Waals surface area contributed by atoms with Crippen LogP contribution in [0.25, 0.3) is 0 Å². The zero-order valence-corrected chi connectivity index (χ0v) is 8.56. The van der Waals surface area contributed by atoms with Gasteiger partial charge in [-0.3, -0.25) is 0 Å². The van der Waals surface area contributed by atoms with Crippen molar-refractivity contribution in [1.82, 2.24) is 0 Å². The van der Waals surface area contributed by atoms with Crippen molar-refractivity contribution < 1.29 is 5.11 Å². The molecule has 1 N–H and O–H groups in total. The molecule has 1 nitrogen and oxygen atoms in total. The highest BCUT2D eigenvalue weighted by molar-refractivity contribution is 5.41. The predicted molar refractivity (Wildman–Crippen MR) is 62.7 cm³/mol. The number of aliphatic hydroxyl groups excluding tert-OH is 1. The maximum Gasteiger partial charge on any atom is 0.0998 e. The average molecular weight is 198 g/mol. The highest BCUT2D eigenvalue weighted by atomic mass is 16.3. The molecule has 1 heteroatoms. The minimum atomic E-state index is 0.476. The molecule has 0 spiro atoms. The molecule has 1 aliphatic carbocycles. The van der Waals surface area contributed by atoms with Crippen LogP contribution >= 0.6 is 0 Å². The Morgan fingerprint density at radius 3 is 2.33 bits per heavy atom. The lowest BCUT2D eigenvalue weighted by atomic mass is 10.1. The molecule has 0 aromatic heterocycles. The van der Waals surface area contributed by atoms with Gasteiger partial charge in [0.15, 0.2) is 0 Å². The van der Waals surface area contributed by atoms with Gasteiger partial charge in [0.25, 0.3) is 0 Å². The molecule has 76 valence electrons. The van der Waals surface area contributed by atoms with Gasteiger partial charge in [0.05, 0.1) is 5.76 Å². The number of allylic oxidation sites excluding steroid dienone is 6. The van der Waals surface area contributed by atoms with E-state index in [9.17, 15) is 5.11 Å². The number of hydrogen-bond donors (Lipinski definition) is 1. The Labute approximate surface area is 90.1 Å². The summed E-state index contributed by atoms with van der Waals surface area (Å²) in [7, 11) is 0. The van der Waals surface area contributed by atoms with E-state index in [-0.39, 0.29) is 0 Å². The fourth-order valence-electron chi connectivity index (χ4n) is 1.62. The van der Waals surface area contributed by atoms with Crippen molar-refractivity contribution in [3.8, 4) is 0 Å². The third kappa shape index (κ3) is 2.59. The van der Waals surface area contributed by atoms with Gasteiger partial charge in [-0.1, -0.05) is 54.6 Å². The van der Waals surface area contributed by atoms with Gasteiger partial charge in [-0.2, -0.15) is 0 Å². The number of hydrogen-bond acceptors (Lipinski definition) is 1. The summed E-state index contributed by atoms with van der Waals surface area (Å²) in [5.74, 6) is 0.476. The van der Waals surface area contributed by atoms with Gasteiger partial charge in [0.1, 0.15) is 0 Å². The highest BCUT2D eigenvalue weighted by Crippen LogP contribution is 2.16. The normalized spacial score (nSPS) is 13.5. The molecule has 0 saturated carbocycles. The molecule has 1 aliphatic rings. The Balaban J connectivity index is 1.97. The first-order chi connectivity index (χ1) is 7.36. The molecule has 0 aliphatic heterocycles. The van der Waals surface area contributed by atoms with Crippen molar-refractivity contribution in [1.29, 1.82) is 0 Å². The fourth-order valence-corrected chi connectivity index (χ4v) is 1.62. The molecular weight excluding hydrogens is 184 g/mol. The van der Waals surface area contributed by atoms with Crippen LogP contribution < -0.4 is 0 Å². The van der Waals surface area contributed by atoms with Gasteiger partial charge < -0.3 is 5.11 Å². The van der Waals surface area contributed by atoms with Crippen LogP contribution in [0.4, 0.5) is 0 Å². The summed E-state index contributed by atoms with van der Waals surface area (Å²) < 4.78 is 0.